The van der Waals surface area contributed by atoms with Crippen LogP contribution in [0.4, 0.5) is 0 Å². The van der Waals surface area contributed by atoms with E-state index >= 15 is 0 Å². The summed E-state index contributed by atoms with van der Waals surface area (Å²) in [5.74, 6) is 0.406. The third-order valence-corrected chi connectivity index (χ3v) is 4.03. The van der Waals surface area contributed by atoms with Crippen molar-refractivity contribution < 1.29 is 14.3 Å². The third-order valence-electron chi connectivity index (χ3n) is 4.03. The van der Waals surface area contributed by atoms with Gasteiger partial charge in [-0.25, -0.2) is 0 Å². The standard InChI is InChI=1S/C18H26N2O3/c1-4-5-10-19-17(21)16(13(2)3)20-11-12-23-15-9-7-6-8-14(15)18(20)22/h6-9,13,16H,4-5,10-12H2,1-3H3,(H,19,21). The Morgan fingerprint density at radius 1 is 1.35 bits per heavy atom. The number of unbranched alkanes of at least 4 members (excludes halogenated alkanes) is 1. The first-order valence-electron chi connectivity index (χ1n) is 8.36. The molecule has 0 saturated heterocycles. The van der Waals surface area contributed by atoms with Gasteiger partial charge < -0.3 is 15.0 Å². The maximum atomic E-state index is 12.9. The van der Waals surface area contributed by atoms with Crippen molar-refractivity contribution >= 4 is 11.8 Å². The number of nitrogens with zero attached hydrogens (tertiary/aromatic N) is 1. The fourth-order valence-electron chi connectivity index (χ4n) is 2.84. The third kappa shape index (κ3) is 4.03. The number of hydrogen-bond acceptors (Lipinski definition) is 3. The van der Waals surface area contributed by atoms with Gasteiger partial charge >= 0.3 is 0 Å². The second kappa shape index (κ2) is 7.99. The van der Waals surface area contributed by atoms with Gasteiger partial charge in [0.2, 0.25) is 5.91 Å². The Hall–Kier alpha value is -2.04. The van der Waals surface area contributed by atoms with Crippen LogP contribution in [0.2, 0.25) is 0 Å². The molecule has 1 atom stereocenters. The molecule has 2 rings (SSSR count). The van der Waals surface area contributed by atoms with Crippen molar-refractivity contribution in [1.29, 1.82) is 0 Å². The van der Waals surface area contributed by atoms with Crippen molar-refractivity contribution in [2.75, 3.05) is 19.7 Å². The summed E-state index contributed by atoms with van der Waals surface area (Å²) in [4.78, 5) is 27.1. The maximum absolute atomic E-state index is 12.9. The number of carbonyl (C=O) groups is 2. The summed E-state index contributed by atoms with van der Waals surface area (Å²) in [5.41, 5.74) is 0.525. The fourth-order valence-corrected chi connectivity index (χ4v) is 2.84. The molecule has 1 heterocycles. The van der Waals surface area contributed by atoms with E-state index in [1.807, 2.05) is 26.0 Å². The number of carbonyl (C=O) groups excluding carboxylic acids is 2. The number of benzene rings is 1. The van der Waals surface area contributed by atoms with Crippen molar-refractivity contribution in [1.82, 2.24) is 10.2 Å². The molecule has 5 heteroatoms. The molecule has 1 aromatic carbocycles. The predicted octanol–water partition coefficient (Wildman–Crippen LogP) is 2.46. The zero-order chi connectivity index (χ0) is 16.8. The summed E-state index contributed by atoms with van der Waals surface area (Å²) in [7, 11) is 0. The number of para-hydroxylation sites is 1. The van der Waals surface area contributed by atoms with Gasteiger partial charge in [0.1, 0.15) is 18.4 Å². The van der Waals surface area contributed by atoms with Crippen LogP contribution in [-0.2, 0) is 4.79 Å². The first-order valence-corrected chi connectivity index (χ1v) is 8.36. The van der Waals surface area contributed by atoms with Crippen LogP contribution in [-0.4, -0.2) is 42.5 Å². The van der Waals surface area contributed by atoms with E-state index in [9.17, 15) is 9.59 Å². The molecule has 1 aliphatic heterocycles. The summed E-state index contributed by atoms with van der Waals surface area (Å²) in [6, 6.07) is 6.73. The van der Waals surface area contributed by atoms with Gasteiger partial charge in [-0.1, -0.05) is 39.3 Å². The van der Waals surface area contributed by atoms with Gasteiger partial charge in [-0.3, -0.25) is 9.59 Å². The van der Waals surface area contributed by atoms with Crippen LogP contribution >= 0.6 is 0 Å². The van der Waals surface area contributed by atoms with E-state index in [2.05, 4.69) is 12.2 Å². The second-order valence-corrected chi connectivity index (χ2v) is 6.18. The molecule has 0 bridgehead atoms. The number of hydrogen-bond donors (Lipinski definition) is 1. The van der Waals surface area contributed by atoms with E-state index in [0.717, 1.165) is 12.8 Å². The number of nitrogens with one attached hydrogen (secondary N) is 1. The van der Waals surface area contributed by atoms with Gasteiger partial charge in [0.05, 0.1) is 12.1 Å². The van der Waals surface area contributed by atoms with Gasteiger partial charge in [-0.15, -0.1) is 0 Å². The highest BCUT2D eigenvalue weighted by Crippen LogP contribution is 2.25. The van der Waals surface area contributed by atoms with Crippen LogP contribution in [0.25, 0.3) is 0 Å². The zero-order valence-corrected chi connectivity index (χ0v) is 14.2. The smallest absolute Gasteiger partial charge is 0.258 e. The number of ether oxygens (including phenoxy) is 1. The van der Waals surface area contributed by atoms with E-state index in [4.69, 9.17) is 4.74 Å². The lowest BCUT2D eigenvalue weighted by Gasteiger charge is -2.32. The zero-order valence-electron chi connectivity index (χ0n) is 14.2. The van der Waals surface area contributed by atoms with Crippen molar-refractivity contribution in [3.8, 4) is 5.75 Å². The van der Waals surface area contributed by atoms with E-state index in [-0.39, 0.29) is 17.7 Å². The molecule has 1 aromatic rings. The average molecular weight is 318 g/mol. The number of amides is 2. The Kier molecular flexibility index (Phi) is 6.02. The van der Waals surface area contributed by atoms with E-state index < -0.39 is 6.04 Å². The largest absolute Gasteiger partial charge is 0.491 e. The molecule has 1 unspecified atom stereocenters. The lowest BCUT2D eigenvalue weighted by molar-refractivity contribution is -0.127. The molecule has 0 spiro atoms. The van der Waals surface area contributed by atoms with E-state index in [0.29, 0.717) is 31.0 Å². The second-order valence-electron chi connectivity index (χ2n) is 6.18. The summed E-state index contributed by atoms with van der Waals surface area (Å²) in [5, 5.41) is 2.95. The minimum absolute atomic E-state index is 0.0332. The molecule has 0 aromatic heterocycles. The summed E-state index contributed by atoms with van der Waals surface area (Å²) < 4.78 is 5.66. The maximum Gasteiger partial charge on any atom is 0.258 e. The average Bonchev–Trinajstić information content (AvgIpc) is 2.68. The fraction of sp³-hybridized carbons (Fsp3) is 0.556. The molecule has 1 aliphatic rings. The number of fused-ring (bicyclic) bond motifs is 1. The Balaban J connectivity index is 2.22. The first kappa shape index (κ1) is 17.3. The van der Waals surface area contributed by atoms with Crippen LogP contribution < -0.4 is 10.1 Å². The van der Waals surface area contributed by atoms with Gasteiger partial charge in [0.25, 0.3) is 5.91 Å². The first-order chi connectivity index (χ1) is 11.1. The Labute approximate surface area is 138 Å². The summed E-state index contributed by atoms with van der Waals surface area (Å²) in [6.07, 6.45) is 1.97. The topological polar surface area (TPSA) is 58.6 Å². The van der Waals surface area contributed by atoms with Crippen molar-refractivity contribution in [3.05, 3.63) is 29.8 Å². The molecular weight excluding hydrogens is 292 g/mol. The Morgan fingerprint density at radius 2 is 2.09 bits per heavy atom. The Morgan fingerprint density at radius 3 is 2.78 bits per heavy atom. The number of rotatable bonds is 6. The van der Waals surface area contributed by atoms with Crippen molar-refractivity contribution in [2.45, 2.75) is 39.7 Å². The van der Waals surface area contributed by atoms with Gasteiger partial charge in [0.15, 0.2) is 0 Å². The molecule has 0 saturated carbocycles. The van der Waals surface area contributed by atoms with Crippen molar-refractivity contribution in [3.63, 3.8) is 0 Å². The van der Waals surface area contributed by atoms with Crippen molar-refractivity contribution in [2.24, 2.45) is 5.92 Å². The molecule has 0 aliphatic carbocycles. The van der Waals surface area contributed by atoms with Crippen LogP contribution in [0.1, 0.15) is 44.0 Å². The minimum atomic E-state index is -0.478. The summed E-state index contributed by atoms with van der Waals surface area (Å²) >= 11 is 0. The molecule has 1 N–H and O–H groups in total. The quantitative estimate of drug-likeness (QED) is 0.820. The monoisotopic (exact) mass is 318 g/mol. The highest BCUT2D eigenvalue weighted by molar-refractivity contribution is 6.00. The van der Waals surface area contributed by atoms with Crippen LogP contribution in [0.5, 0.6) is 5.75 Å². The molecule has 5 nitrogen and oxygen atoms in total. The van der Waals surface area contributed by atoms with Crippen LogP contribution in [0.15, 0.2) is 24.3 Å². The predicted molar refractivity (Wildman–Crippen MR) is 89.5 cm³/mol. The normalized spacial score (nSPS) is 15.7. The molecular formula is C18H26N2O3. The van der Waals surface area contributed by atoms with Gasteiger partial charge in [-0.05, 0) is 24.5 Å². The lowest BCUT2D eigenvalue weighted by atomic mass is 10.00. The molecule has 23 heavy (non-hydrogen) atoms. The van der Waals surface area contributed by atoms with E-state index in [1.54, 1.807) is 17.0 Å². The highest BCUT2D eigenvalue weighted by Gasteiger charge is 2.35. The van der Waals surface area contributed by atoms with Crippen LogP contribution in [0, 0.1) is 5.92 Å². The van der Waals surface area contributed by atoms with Crippen LogP contribution in [0.3, 0.4) is 0 Å². The lowest BCUT2D eigenvalue weighted by Crippen LogP contribution is -2.53. The molecule has 2 amide bonds. The molecule has 126 valence electrons. The molecule has 0 radical (unpaired) electrons. The van der Waals surface area contributed by atoms with E-state index in [1.165, 1.54) is 0 Å². The van der Waals surface area contributed by atoms with Gasteiger partial charge in [0, 0.05) is 6.54 Å². The molecule has 0 fully saturated rings. The summed E-state index contributed by atoms with van der Waals surface area (Å²) in [6.45, 7) is 7.47. The SMILES string of the molecule is CCCCNC(=O)C(C(C)C)N1CCOc2ccccc2C1=O. The Bertz CT molecular complexity index is 557. The van der Waals surface area contributed by atoms with Gasteiger partial charge in [-0.2, -0.15) is 0 Å². The highest BCUT2D eigenvalue weighted by atomic mass is 16.5. The minimum Gasteiger partial charge on any atom is -0.491 e.